The summed E-state index contributed by atoms with van der Waals surface area (Å²) >= 11 is 0. The van der Waals surface area contributed by atoms with Gasteiger partial charge in [0.15, 0.2) is 0 Å². The van der Waals surface area contributed by atoms with Crippen molar-refractivity contribution in [3.05, 3.63) is 23.9 Å². The number of hydrogen-bond acceptors (Lipinski definition) is 5. The maximum atomic E-state index is 13.4. The van der Waals surface area contributed by atoms with Crippen molar-refractivity contribution in [1.82, 2.24) is 9.29 Å². The highest BCUT2D eigenvalue weighted by Crippen LogP contribution is 2.66. The maximum Gasteiger partial charge on any atom is 0.417 e. The van der Waals surface area contributed by atoms with Crippen LogP contribution in [-0.2, 0) is 16.2 Å². The molecule has 2 heterocycles. The van der Waals surface area contributed by atoms with E-state index in [1.165, 1.54) is 10.4 Å². The third kappa shape index (κ3) is 3.64. The van der Waals surface area contributed by atoms with Crippen molar-refractivity contribution in [1.29, 1.82) is 0 Å². The third-order valence-electron chi connectivity index (χ3n) is 8.18. The second kappa shape index (κ2) is 7.31. The van der Waals surface area contributed by atoms with Crippen LogP contribution in [0.2, 0.25) is 0 Å². The molecule has 2 bridgehead atoms. The monoisotopic (exact) mass is 461 g/mol. The van der Waals surface area contributed by atoms with Crippen LogP contribution in [0, 0.1) is 16.7 Å². The smallest absolute Gasteiger partial charge is 0.392 e. The molecule has 174 valence electrons. The largest absolute Gasteiger partial charge is 0.417 e. The van der Waals surface area contributed by atoms with E-state index in [0.29, 0.717) is 24.7 Å². The number of nitrogens with zero attached hydrogens (tertiary/aromatic N) is 3. The lowest BCUT2D eigenvalue weighted by Crippen LogP contribution is -2.56. The highest BCUT2D eigenvalue weighted by Gasteiger charge is 2.65. The number of aromatic nitrogens is 1. The van der Waals surface area contributed by atoms with Gasteiger partial charge in [-0.2, -0.15) is 17.5 Å². The zero-order valence-electron chi connectivity index (χ0n) is 18.1. The molecule has 4 atom stereocenters. The first-order valence-electron chi connectivity index (χ1n) is 10.7. The van der Waals surface area contributed by atoms with Crippen molar-refractivity contribution in [2.24, 2.45) is 16.7 Å². The van der Waals surface area contributed by atoms with Gasteiger partial charge in [-0.3, -0.25) is 0 Å². The SMILES string of the molecule is C[C@H]1CN(S(=O)(=O)C[C@]23CC[C@H](C[C@@H]2O)C3(C)C)CCN1c1ccc(C(F)(F)F)cn1. The number of aliphatic hydroxyl groups excluding tert-OH is 1. The van der Waals surface area contributed by atoms with Crippen LogP contribution in [0.3, 0.4) is 0 Å². The summed E-state index contributed by atoms with van der Waals surface area (Å²) in [6.45, 7) is 6.83. The molecule has 3 fully saturated rings. The topological polar surface area (TPSA) is 73.7 Å². The number of anilines is 1. The van der Waals surface area contributed by atoms with Gasteiger partial charge >= 0.3 is 6.18 Å². The van der Waals surface area contributed by atoms with E-state index in [2.05, 4.69) is 18.8 Å². The van der Waals surface area contributed by atoms with E-state index < -0.39 is 33.3 Å². The van der Waals surface area contributed by atoms with Crippen molar-refractivity contribution in [2.45, 2.75) is 58.4 Å². The van der Waals surface area contributed by atoms with Gasteiger partial charge in [0.2, 0.25) is 10.0 Å². The third-order valence-corrected chi connectivity index (χ3v) is 10.2. The second-order valence-corrected chi connectivity index (χ2v) is 11.9. The Labute approximate surface area is 181 Å². The van der Waals surface area contributed by atoms with Crippen molar-refractivity contribution < 1.29 is 26.7 Å². The van der Waals surface area contributed by atoms with E-state index in [1.54, 1.807) is 0 Å². The van der Waals surface area contributed by atoms with Crippen LogP contribution in [0.5, 0.6) is 0 Å². The molecular weight excluding hydrogens is 431 g/mol. The highest BCUT2D eigenvalue weighted by molar-refractivity contribution is 7.89. The maximum absolute atomic E-state index is 13.4. The van der Waals surface area contributed by atoms with E-state index in [0.717, 1.165) is 25.1 Å². The molecule has 0 unspecified atom stereocenters. The number of sulfonamides is 1. The van der Waals surface area contributed by atoms with Crippen LogP contribution in [0.25, 0.3) is 0 Å². The van der Waals surface area contributed by atoms with Crippen LogP contribution in [0.1, 0.15) is 45.6 Å². The lowest BCUT2D eigenvalue weighted by Gasteiger charge is -2.44. The Morgan fingerprint density at radius 1 is 1.26 bits per heavy atom. The van der Waals surface area contributed by atoms with Gasteiger partial charge in [0.25, 0.3) is 0 Å². The average Bonchev–Trinajstić information content (AvgIpc) is 3.01. The molecule has 6 nitrogen and oxygen atoms in total. The molecule has 31 heavy (non-hydrogen) atoms. The number of pyridine rings is 1. The normalized spacial score (nSPS) is 33.8. The fraction of sp³-hybridized carbons (Fsp3) is 0.762. The van der Waals surface area contributed by atoms with Crippen LogP contribution in [0.4, 0.5) is 19.0 Å². The van der Waals surface area contributed by atoms with Gasteiger partial charge in [0, 0.05) is 37.3 Å². The van der Waals surface area contributed by atoms with Crippen LogP contribution in [-0.4, -0.2) is 60.3 Å². The molecule has 1 aromatic rings. The van der Waals surface area contributed by atoms with E-state index in [4.69, 9.17) is 0 Å². The van der Waals surface area contributed by atoms with Crippen molar-refractivity contribution in [3.8, 4) is 0 Å². The van der Waals surface area contributed by atoms with Gasteiger partial charge in [-0.25, -0.2) is 13.4 Å². The predicted molar refractivity (Wildman–Crippen MR) is 111 cm³/mol. The summed E-state index contributed by atoms with van der Waals surface area (Å²) in [5.41, 5.74) is -1.65. The summed E-state index contributed by atoms with van der Waals surface area (Å²) in [4.78, 5) is 5.79. The van der Waals surface area contributed by atoms with Gasteiger partial charge in [0.1, 0.15) is 5.82 Å². The van der Waals surface area contributed by atoms with Crippen LogP contribution in [0.15, 0.2) is 18.3 Å². The Morgan fingerprint density at radius 2 is 1.97 bits per heavy atom. The zero-order valence-corrected chi connectivity index (χ0v) is 18.9. The highest BCUT2D eigenvalue weighted by atomic mass is 32.2. The first-order valence-corrected chi connectivity index (χ1v) is 12.3. The summed E-state index contributed by atoms with van der Waals surface area (Å²) in [5, 5.41) is 10.7. The van der Waals surface area contributed by atoms with E-state index in [9.17, 15) is 26.7 Å². The molecule has 10 heteroatoms. The average molecular weight is 462 g/mol. The lowest BCUT2D eigenvalue weighted by atomic mass is 9.70. The Morgan fingerprint density at radius 3 is 2.45 bits per heavy atom. The summed E-state index contributed by atoms with van der Waals surface area (Å²) in [6, 6.07) is 2.10. The Hall–Kier alpha value is -1.39. The van der Waals surface area contributed by atoms with Gasteiger partial charge in [-0.15, -0.1) is 0 Å². The molecule has 1 saturated heterocycles. The molecule has 1 N–H and O–H groups in total. The number of hydrogen-bond donors (Lipinski definition) is 1. The van der Waals surface area contributed by atoms with Crippen molar-refractivity contribution in [3.63, 3.8) is 0 Å². The quantitative estimate of drug-likeness (QED) is 0.746. The van der Waals surface area contributed by atoms with Crippen LogP contribution < -0.4 is 4.90 Å². The number of rotatable bonds is 4. The van der Waals surface area contributed by atoms with E-state index in [-0.39, 0.29) is 30.3 Å². The zero-order chi connectivity index (χ0) is 22.8. The van der Waals surface area contributed by atoms with Crippen LogP contribution >= 0.6 is 0 Å². The first kappa shape index (κ1) is 22.8. The molecule has 0 spiro atoms. The standard InChI is InChI=1S/C21H30F3N3O3S/c1-14-12-26(8-9-27(14)18-5-4-16(11-25-18)21(22,23)24)31(29,30)13-20-7-6-15(10-17(20)28)19(20,2)3/h4-5,11,14-15,17,28H,6-10,12-13H2,1-3H3/t14-,15+,17-,20+/m0/s1. The summed E-state index contributed by atoms with van der Waals surface area (Å²) in [6.07, 6.45) is -1.91. The molecule has 0 aromatic carbocycles. The molecule has 0 amide bonds. The predicted octanol–water partition coefficient (Wildman–Crippen LogP) is 3.13. The molecule has 0 radical (unpaired) electrons. The van der Waals surface area contributed by atoms with E-state index >= 15 is 0 Å². The number of halogens is 3. The summed E-state index contributed by atoms with van der Waals surface area (Å²) < 4.78 is 66.6. The number of alkyl halides is 3. The summed E-state index contributed by atoms with van der Waals surface area (Å²) in [5.74, 6) is 0.692. The van der Waals surface area contributed by atoms with Gasteiger partial charge in [-0.05, 0) is 49.7 Å². The fourth-order valence-electron chi connectivity index (χ4n) is 6.04. The number of fused-ring (bicyclic) bond motifs is 2. The molecule has 1 aliphatic heterocycles. The first-order chi connectivity index (χ1) is 14.3. The number of piperazine rings is 1. The Bertz CT molecular complexity index is 935. The minimum Gasteiger partial charge on any atom is -0.392 e. The second-order valence-electron chi connectivity index (χ2n) is 9.92. The van der Waals surface area contributed by atoms with Crippen molar-refractivity contribution >= 4 is 15.8 Å². The fourth-order valence-corrected chi connectivity index (χ4v) is 8.38. The van der Waals surface area contributed by atoms with Crippen molar-refractivity contribution in [2.75, 3.05) is 30.3 Å². The van der Waals surface area contributed by atoms with Gasteiger partial charge in [-0.1, -0.05) is 13.8 Å². The summed E-state index contributed by atoms with van der Waals surface area (Å²) in [7, 11) is -3.60. The van der Waals surface area contributed by atoms with Gasteiger partial charge < -0.3 is 10.0 Å². The molecular formula is C21H30F3N3O3S. The molecule has 2 saturated carbocycles. The minimum absolute atomic E-state index is 0.0596. The Balaban J connectivity index is 1.47. The molecule has 4 rings (SSSR count). The molecule has 2 aliphatic carbocycles. The van der Waals surface area contributed by atoms with E-state index in [1.807, 2.05) is 11.8 Å². The Kier molecular flexibility index (Phi) is 5.38. The minimum atomic E-state index is -4.44. The molecule has 3 aliphatic rings. The lowest BCUT2D eigenvalue weighted by molar-refractivity contribution is -0.137. The van der Waals surface area contributed by atoms with Gasteiger partial charge in [0.05, 0.1) is 17.4 Å². The molecule has 1 aromatic heterocycles. The number of aliphatic hydroxyl groups is 1.